The van der Waals surface area contributed by atoms with E-state index in [0.29, 0.717) is 28.0 Å². The van der Waals surface area contributed by atoms with Gasteiger partial charge in [-0.3, -0.25) is 14.7 Å². The second kappa shape index (κ2) is 6.27. The van der Waals surface area contributed by atoms with Crippen LogP contribution in [0.25, 0.3) is 10.9 Å². The van der Waals surface area contributed by atoms with Crippen LogP contribution in [0.15, 0.2) is 46.2 Å². The van der Waals surface area contributed by atoms with E-state index in [1.54, 1.807) is 28.8 Å². The van der Waals surface area contributed by atoms with Crippen LogP contribution in [0.3, 0.4) is 0 Å². The summed E-state index contributed by atoms with van der Waals surface area (Å²) < 4.78 is 25.7. The van der Waals surface area contributed by atoms with Gasteiger partial charge in [0.2, 0.25) is 5.95 Å². The molecule has 0 saturated carbocycles. The number of fused-ring (bicyclic) bond motifs is 3. The standard InChI is InChI=1S/C18H16FN5O3/c1-26-13-7-11-12(8-14(13)27-2)24-15(9-3-5-10(19)6-4-9)21-17(20)23-18(24)22-16(11)25/h3-8,15H,1-2H3,(H3,20,21,22,23,25)/t15-/m0/s1. The summed E-state index contributed by atoms with van der Waals surface area (Å²) in [6, 6.07) is 9.14. The number of aliphatic imine (C=N–C) groups is 1. The number of hydrogen-bond acceptors (Lipinski definition) is 7. The highest BCUT2D eigenvalue weighted by molar-refractivity contribution is 5.94. The summed E-state index contributed by atoms with van der Waals surface area (Å²) in [4.78, 5) is 21.0. The van der Waals surface area contributed by atoms with Crippen LogP contribution in [0.1, 0.15) is 11.7 Å². The number of methoxy groups -OCH3 is 2. The van der Waals surface area contributed by atoms with Crippen LogP contribution in [-0.4, -0.2) is 29.7 Å². The van der Waals surface area contributed by atoms with Crippen molar-refractivity contribution in [1.29, 1.82) is 0 Å². The van der Waals surface area contributed by atoms with E-state index in [9.17, 15) is 9.18 Å². The van der Waals surface area contributed by atoms with Crippen LogP contribution in [0.2, 0.25) is 0 Å². The minimum atomic E-state index is -0.629. The van der Waals surface area contributed by atoms with Crippen molar-refractivity contribution in [1.82, 2.24) is 9.55 Å². The minimum absolute atomic E-state index is 0.107. The Labute approximate surface area is 153 Å². The number of ether oxygens (including phenoxy) is 2. The second-order valence-electron chi connectivity index (χ2n) is 5.90. The van der Waals surface area contributed by atoms with Crippen LogP contribution in [0.4, 0.5) is 10.3 Å². The summed E-state index contributed by atoms with van der Waals surface area (Å²) >= 11 is 0. The lowest BCUT2D eigenvalue weighted by atomic mass is 10.1. The van der Waals surface area contributed by atoms with Crippen molar-refractivity contribution in [3.63, 3.8) is 0 Å². The lowest BCUT2D eigenvalue weighted by molar-refractivity contribution is 0.355. The molecule has 2 heterocycles. The number of rotatable bonds is 3. The van der Waals surface area contributed by atoms with Gasteiger partial charge in [-0.15, -0.1) is 0 Å². The van der Waals surface area contributed by atoms with Gasteiger partial charge in [0.05, 0.1) is 25.1 Å². The molecule has 3 aromatic rings. The largest absolute Gasteiger partial charge is 0.493 e. The van der Waals surface area contributed by atoms with Gasteiger partial charge in [-0.1, -0.05) is 12.1 Å². The maximum atomic E-state index is 13.4. The van der Waals surface area contributed by atoms with Crippen LogP contribution in [0, 0.1) is 5.82 Å². The van der Waals surface area contributed by atoms with E-state index < -0.39 is 11.7 Å². The molecule has 0 radical (unpaired) electrons. The molecule has 0 bridgehead atoms. The van der Waals surface area contributed by atoms with E-state index in [4.69, 9.17) is 15.2 Å². The van der Waals surface area contributed by atoms with E-state index in [1.165, 1.54) is 26.4 Å². The molecule has 4 rings (SSSR count). The SMILES string of the molecule is COc1cc2c(=O)nc3n(c2cc1OC)[C@@H](c1ccc(F)cc1)N=C(N)N3. The number of aromatic nitrogens is 2. The molecular formula is C18H16FN5O3. The zero-order valence-electron chi connectivity index (χ0n) is 14.6. The number of guanidine groups is 1. The number of nitrogens with zero attached hydrogens (tertiary/aromatic N) is 3. The quantitative estimate of drug-likeness (QED) is 0.730. The molecule has 0 amide bonds. The van der Waals surface area contributed by atoms with Crippen molar-refractivity contribution in [2.24, 2.45) is 10.7 Å². The smallest absolute Gasteiger partial charge is 0.282 e. The lowest BCUT2D eigenvalue weighted by Gasteiger charge is -2.27. The molecule has 0 spiro atoms. The minimum Gasteiger partial charge on any atom is -0.493 e. The van der Waals surface area contributed by atoms with Crippen molar-refractivity contribution in [3.8, 4) is 11.5 Å². The maximum Gasteiger partial charge on any atom is 0.282 e. The molecule has 8 nitrogen and oxygen atoms in total. The van der Waals surface area contributed by atoms with Crippen molar-refractivity contribution >= 4 is 22.8 Å². The van der Waals surface area contributed by atoms with Crippen molar-refractivity contribution in [2.75, 3.05) is 19.5 Å². The average Bonchev–Trinajstić information content (AvgIpc) is 2.66. The number of nitrogens with one attached hydrogen (secondary N) is 1. The van der Waals surface area contributed by atoms with Gasteiger partial charge in [0, 0.05) is 6.07 Å². The summed E-state index contributed by atoms with van der Waals surface area (Å²) in [7, 11) is 2.99. The first-order chi connectivity index (χ1) is 13.0. The summed E-state index contributed by atoms with van der Waals surface area (Å²) in [6.07, 6.45) is -0.629. The molecule has 1 aliphatic rings. The number of halogens is 1. The predicted octanol–water partition coefficient (Wildman–Crippen LogP) is 1.84. The van der Waals surface area contributed by atoms with Crippen molar-refractivity contribution < 1.29 is 13.9 Å². The molecule has 138 valence electrons. The van der Waals surface area contributed by atoms with Gasteiger partial charge in [0.1, 0.15) is 5.82 Å². The Bertz CT molecular complexity index is 1120. The van der Waals surface area contributed by atoms with Crippen LogP contribution in [-0.2, 0) is 0 Å². The first kappa shape index (κ1) is 16.8. The first-order valence-electron chi connectivity index (χ1n) is 8.06. The Morgan fingerprint density at radius 2 is 1.81 bits per heavy atom. The average molecular weight is 369 g/mol. The fraction of sp³-hybridized carbons (Fsp3) is 0.167. The van der Waals surface area contributed by atoms with E-state index in [-0.39, 0.29) is 17.7 Å². The van der Waals surface area contributed by atoms with Gasteiger partial charge >= 0.3 is 0 Å². The molecule has 9 heteroatoms. The molecule has 27 heavy (non-hydrogen) atoms. The fourth-order valence-corrected chi connectivity index (χ4v) is 3.09. The summed E-state index contributed by atoms with van der Waals surface area (Å²) in [5, 5.41) is 3.14. The Balaban J connectivity index is 2.04. The molecule has 3 N–H and O–H groups in total. The third kappa shape index (κ3) is 2.73. The molecule has 0 unspecified atom stereocenters. The Morgan fingerprint density at radius 1 is 1.15 bits per heavy atom. The van der Waals surface area contributed by atoms with E-state index >= 15 is 0 Å². The van der Waals surface area contributed by atoms with Crippen LogP contribution in [0.5, 0.6) is 11.5 Å². The van der Waals surface area contributed by atoms with Crippen molar-refractivity contribution in [2.45, 2.75) is 6.17 Å². The van der Waals surface area contributed by atoms with Gasteiger partial charge in [-0.25, -0.2) is 9.38 Å². The van der Waals surface area contributed by atoms with E-state index in [1.807, 2.05) is 0 Å². The normalized spacial score (nSPS) is 15.7. The van der Waals surface area contributed by atoms with Crippen LogP contribution >= 0.6 is 0 Å². The highest BCUT2D eigenvalue weighted by Gasteiger charge is 2.26. The Kier molecular flexibility index (Phi) is 3.91. The number of hydrogen-bond donors (Lipinski definition) is 2. The van der Waals surface area contributed by atoms with Gasteiger partial charge in [0.25, 0.3) is 5.56 Å². The molecule has 0 saturated heterocycles. The third-order valence-electron chi connectivity index (χ3n) is 4.34. The predicted molar refractivity (Wildman–Crippen MR) is 98.9 cm³/mol. The van der Waals surface area contributed by atoms with E-state index in [2.05, 4.69) is 15.3 Å². The molecule has 1 atom stereocenters. The number of benzene rings is 2. The summed E-state index contributed by atoms with van der Waals surface area (Å²) in [5.74, 6) is 0.844. The van der Waals surface area contributed by atoms with Gasteiger partial charge < -0.3 is 15.2 Å². The molecule has 1 aromatic heterocycles. The Morgan fingerprint density at radius 3 is 2.48 bits per heavy atom. The second-order valence-corrected chi connectivity index (χ2v) is 5.90. The third-order valence-corrected chi connectivity index (χ3v) is 4.34. The molecule has 0 fully saturated rings. The van der Waals surface area contributed by atoms with Gasteiger partial charge in [-0.2, -0.15) is 4.98 Å². The maximum absolute atomic E-state index is 13.4. The molecule has 1 aliphatic heterocycles. The number of anilines is 1. The van der Waals surface area contributed by atoms with E-state index in [0.717, 1.165) is 0 Å². The van der Waals surface area contributed by atoms with Gasteiger partial charge in [-0.05, 0) is 23.8 Å². The topological polar surface area (TPSA) is 104 Å². The summed E-state index contributed by atoms with van der Waals surface area (Å²) in [6.45, 7) is 0. The zero-order chi connectivity index (χ0) is 19.1. The van der Waals surface area contributed by atoms with Gasteiger partial charge in [0.15, 0.2) is 23.6 Å². The highest BCUT2D eigenvalue weighted by Crippen LogP contribution is 2.35. The van der Waals surface area contributed by atoms with Crippen LogP contribution < -0.4 is 26.1 Å². The highest BCUT2D eigenvalue weighted by atomic mass is 19.1. The fourth-order valence-electron chi connectivity index (χ4n) is 3.09. The lowest BCUT2D eigenvalue weighted by Crippen LogP contribution is -2.34. The first-order valence-corrected chi connectivity index (χ1v) is 8.06. The molecule has 0 aliphatic carbocycles. The monoisotopic (exact) mass is 369 g/mol. The number of nitrogens with two attached hydrogens (primary N) is 1. The zero-order valence-corrected chi connectivity index (χ0v) is 14.6. The molecule has 2 aromatic carbocycles. The summed E-state index contributed by atoms with van der Waals surface area (Å²) in [5.41, 5.74) is 6.63. The molecular weight excluding hydrogens is 353 g/mol. The Hall–Kier alpha value is -3.62. The van der Waals surface area contributed by atoms with Crippen molar-refractivity contribution in [3.05, 3.63) is 58.1 Å².